The van der Waals surface area contributed by atoms with Gasteiger partial charge in [-0.05, 0) is 54.5 Å². The predicted octanol–water partition coefficient (Wildman–Crippen LogP) is 3.03. The van der Waals surface area contributed by atoms with E-state index in [0.29, 0.717) is 11.8 Å². The summed E-state index contributed by atoms with van der Waals surface area (Å²) in [6.45, 7) is 13.8. The van der Waals surface area contributed by atoms with Crippen LogP contribution in [0.25, 0.3) is 5.95 Å². The molecular weight excluding hydrogens is 354 g/mol. The Morgan fingerprint density at radius 1 is 1.07 bits per heavy atom. The third kappa shape index (κ3) is 4.11. The highest BCUT2D eigenvalue weighted by molar-refractivity contribution is 5.91. The van der Waals surface area contributed by atoms with Gasteiger partial charge in [-0.15, -0.1) is 0 Å². The van der Waals surface area contributed by atoms with Crippen molar-refractivity contribution in [2.24, 2.45) is 0 Å². The monoisotopic (exact) mass is 381 g/mol. The summed E-state index contributed by atoms with van der Waals surface area (Å²) in [6.07, 6.45) is 2.08. The topological polar surface area (TPSA) is 90.5 Å². The largest absolute Gasteiger partial charge is 0.309 e. The molecule has 0 saturated heterocycles. The molecule has 8 nitrogen and oxygen atoms in total. The number of hydrogen-bond acceptors (Lipinski definition) is 5. The van der Waals surface area contributed by atoms with Crippen molar-refractivity contribution in [1.82, 2.24) is 29.5 Å². The molecule has 3 rings (SSSR count). The molecule has 0 aromatic carbocycles. The van der Waals surface area contributed by atoms with Crippen molar-refractivity contribution in [3.05, 3.63) is 46.7 Å². The summed E-state index contributed by atoms with van der Waals surface area (Å²) in [4.78, 5) is 21.5. The normalized spacial score (nSPS) is 11.7. The van der Waals surface area contributed by atoms with E-state index in [1.807, 2.05) is 44.6 Å². The van der Waals surface area contributed by atoms with E-state index in [4.69, 9.17) is 0 Å². The molecule has 3 aromatic rings. The summed E-state index contributed by atoms with van der Waals surface area (Å²) in [5.41, 5.74) is 4.14. The molecule has 28 heavy (non-hydrogen) atoms. The number of anilines is 1. The Balaban J connectivity index is 1.80. The second kappa shape index (κ2) is 7.18. The van der Waals surface area contributed by atoms with Crippen molar-refractivity contribution >= 4 is 11.7 Å². The van der Waals surface area contributed by atoms with E-state index >= 15 is 0 Å². The lowest BCUT2D eigenvalue weighted by molar-refractivity contribution is -0.115. The second-order valence-electron chi connectivity index (χ2n) is 8.05. The van der Waals surface area contributed by atoms with E-state index in [1.54, 1.807) is 10.7 Å². The van der Waals surface area contributed by atoms with Crippen LogP contribution in [0.4, 0.5) is 5.82 Å². The molecule has 0 fully saturated rings. The molecule has 0 spiro atoms. The zero-order valence-electron chi connectivity index (χ0n) is 17.5. The number of aromatic nitrogens is 6. The van der Waals surface area contributed by atoms with Crippen molar-refractivity contribution in [2.75, 3.05) is 5.32 Å². The molecule has 0 aliphatic carbocycles. The first-order chi connectivity index (χ1) is 13.0. The third-order valence-electron chi connectivity index (χ3n) is 4.48. The SMILES string of the molecule is Cc1cc(C)nc(-n2nc(C)c(CC(=O)Nc3ccn(C(C)(C)C)n3)c2C)n1. The number of nitrogens with zero attached hydrogens (tertiary/aromatic N) is 6. The molecule has 1 N–H and O–H groups in total. The Morgan fingerprint density at radius 3 is 2.29 bits per heavy atom. The number of carbonyl (C=O) groups is 1. The number of rotatable bonds is 4. The van der Waals surface area contributed by atoms with Gasteiger partial charge in [-0.2, -0.15) is 10.2 Å². The van der Waals surface area contributed by atoms with Gasteiger partial charge in [-0.1, -0.05) is 0 Å². The Bertz CT molecular complexity index is 1000. The zero-order chi connectivity index (χ0) is 20.6. The van der Waals surface area contributed by atoms with Crippen molar-refractivity contribution < 1.29 is 4.79 Å². The van der Waals surface area contributed by atoms with Crippen LogP contribution in [0.1, 0.15) is 49.1 Å². The van der Waals surface area contributed by atoms with Crippen LogP contribution in [-0.2, 0) is 16.8 Å². The van der Waals surface area contributed by atoms with Crippen molar-refractivity contribution in [2.45, 2.75) is 60.4 Å². The van der Waals surface area contributed by atoms with Gasteiger partial charge < -0.3 is 5.32 Å². The van der Waals surface area contributed by atoms with E-state index < -0.39 is 0 Å². The van der Waals surface area contributed by atoms with Gasteiger partial charge in [0.1, 0.15) is 0 Å². The average molecular weight is 381 g/mol. The summed E-state index contributed by atoms with van der Waals surface area (Å²) >= 11 is 0. The molecule has 3 heterocycles. The maximum atomic E-state index is 12.6. The highest BCUT2D eigenvalue weighted by atomic mass is 16.1. The molecule has 8 heteroatoms. The van der Waals surface area contributed by atoms with E-state index in [9.17, 15) is 4.79 Å². The highest BCUT2D eigenvalue weighted by Crippen LogP contribution is 2.19. The van der Waals surface area contributed by atoms with Crippen LogP contribution in [0.2, 0.25) is 0 Å². The molecule has 1 amide bonds. The number of nitrogens with one attached hydrogen (secondary N) is 1. The third-order valence-corrected chi connectivity index (χ3v) is 4.48. The summed E-state index contributed by atoms with van der Waals surface area (Å²) < 4.78 is 3.53. The van der Waals surface area contributed by atoms with Crippen LogP contribution in [0.5, 0.6) is 0 Å². The minimum Gasteiger partial charge on any atom is -0.309 e. The summed E-state index contributed by atoms with van der Waals surface area (Å²) in [5.74, 6) is 0.931. The molecule has 0 bridgehead atoms. The minimum absolute atomic E-state index is 0.133. The molecule has 0 aliphatic rings. The number of carbonyl (C=O) groups excluding carboxylic acids is 1. The maximum Gasteiger partial charge on any atom is 0.251 e. The number of amides is 1. The Kier molecular flexibility index (Phi) is 5.06. The van der Waals surface area contributed by atoms with Crippen LogP contribution in [0, 0.1) is 27.7 Å². The molecule has 0 radical (unpaired) electrons. The van der Waals surface area contributed by atoms with Gasteiger partial charge in [0.05, 0.1) is 17.7 Å². The smallest absolute Gasteiger partial charge is 0.251 e. The minimum atomic E-state index is -0.136. The van der Waals surface area contributed by atoms with Crippen LogP contribution in [0.15, 0.2) is 18.3 Å². The van der Waals surface area contributed by atoms with Gasteiger partial charge in [-0.3, -0.25) is 9.48 Å². The van der Waals surface area contributed by atoms with E-state index in [2.05, 4.69) is 46.3 Å². The standard InChI is InChI=1S/C20H27N7O/c1-12-10-13(2)22-19(21-12)27-15(4)16(14(3)24-27)11-18(28)23-17-8-9-26(25-17)20(5,6)7/h8-10H,11H2,1-7H3,(H,23,25,28). The van der Waals surface area contributed by atoms with Gasteiger partial charge in [0.25, 0.3) is 5.95 Å². The Hall–Kier alpha value is -3.03. The van der Waals surface area contributed by atoms with Gasteiger partial charge in [0.2, 0.25) is 5.91 Å². The number of aryl methyl sites for hydroxylation is 3. The first-order valence-corrected chi connectivity index (χ1v) is 9.28. The second-order valence-corrected chi connectivity index (χ2v) is 8.05. The lowest BCUT2D eigenvalue weighted by atomic mass is 10.1. The van der Waals surface area contributed by atoms with Crippen LogP contribution in [0.3, 0.4) is 0 Å². The fraction of sp³-hybridized carbons (Fsp3) is 0.450. The molecule has 0 saturated carbocycles. The lowest BCUT2D eigenvalue weighted by Gasteiger charge is -2.18. The fourth-order valence-corrected chi connectivity index (χ4v) is 3.04. The van der Waals surface area contributed by atoms with Gasteiger partial charge >= 0.3 is 0 Å². The van der Waals surface area contributed by atoms with Crippen molar-refractivity contribution in [1.29, 1.82) is 0 Å². The Morgan fingerprint density at radius 2 is 1.71 bits per heavy atom. The quantitative estimate of drug-likeness (QED) is 0.750. The summed E-state index contributed by atoms with van der Waals surface area (Å²) in [6, 6.07) is 3.72. The maximum absolute atomic E-state index is 12.6. The molecular formula is C20H27N7O. The van der Waals surface area contributed by atoms with Gasteiger partial charge in [0, 0.05) is 34.9 Å². The fourth-order valence-electron chi connectivity index (χ4n) is 3.04. The Labute approximate surface area is 165 Å². The van der Waals surface area contributed by atoms with Crippen LogP contribution < -0.4 is 5.32 Å². The highest BCUT2D eigenvalue weighted by Gasteiger charge is 2.19. The first kappa shape index (κ1) is 19.7. The lowest BCUT2D eigenvalue weighted by Crippen LogP contribution is -2.23. The predicted molar refractivity (Wildman–Crippen MR) is 108 cm³/mol. The van der Waals surface area contributed by atoms with E-state index in [0.717, 1.165) is 28.3 Å². The van der Waals surface area contributed by atoms with E-state index in [1.165, 1.54) is 0 Å². The summed E-state index contributed by atoms with van der Waals surface area (Å²) in [7, 11) is 0. The van der Waals surface area contributed by atoms with Crippen LogP contribution >= 0.6 is 0 Å². The van der Waals surface area contributed by atoms with Crippen LogP contribution in [-0.4, -0.2) is 35.4 Å². The van der Waals surface area contributed by atoms with E-state index in [-0.39, 0.29) is 17.9 Å². The summed E-state index contributed by atoms with van der Waals surface area (Å²) in [5, 5.41) is 11.8. The molecule has 0 aliphatic heterocycles. The first-order valence-electron chi connectivity index (χ1n) is 9.28. The van der Waals surface area contributed by atoms with Gasteiger partial charge in [-0.25, -0.2) is 14.6 Å². The molecule has 3 aromatic heterocycles. The zero-order valence-corrected chi connectivity index (χ0v) is 17.5. The van der Waals surface area contributed by atoms with Crippen molar-refractivity contribution in [3.63, 3.8) is 0 Å². The molecule has 0 unspecified atom stereocenters. The molecule has 148 valence electrons. The number of hydrogen-bond donors (Lipinski definition) is 1. The van der Waals surface area contributed by atoms with Gasteiger partial charge in [0.15, 0.2) is 5.82 Å². The molecule has 0 atom stereocenters. The van der Waals surface area contributed by atoms with Crippen molar-refractivity contribution in [3.8, 4) is 5.95 Å². The average Bonchev–Trinajstić information content (AvgIpc) is 3.14.